The molecule has 0 radical (unpaired) electrons. The molecule has 0 bridgehead atoms. The summed E-state index contributed by atoms with van der Waals surface area (Å²) in [5.41, 5.74) is 3.60. The Kier molecular flexibility index (Phi) is 3.41. The Balaban J connectivity index is 2.03. The van der Waals surface area contributed by atoms with E-state index in [1.807, 2.05) is 19.1 Å². The van der Waals surface area contributed by atoms with Crippen molar-refractivity contribution in [2.24, 2.45) is 0 Å². The Morgan fingerprint density at radius 3 is 2.81 bits per heavy atom. The van der Waals surface area contributed by atoms with Crippen molar-refractivity contribution >= 4 is 17.0 Å². The normalized spacial score (nSPS) is 17.8. The molecule has 2 heterocycles. The topological polar surface area (TPSA) is 71.2 Å². The Bertz CT molecular complexity index is 764. The smallest absolute Gasteiger partial charge is 0.407 e. The molecule has 1 aliphatic rings. The van der Waals surface area contributed by atoms with Gasteiger partial charge in [0, 0.05) is 22.9 Å². The number of rotatable bonds is 3. The van der Waals surface area contributed by atoms with Crippen LogP contribution in [0.2, 0.25) is 0 Å². The maximum atomic E-state index is 12.3. The van der Waals surface area contributed by atoms with Crippen LogP contribution in [0.1, 0.15) is 23.6 Å². The van der Waals surface area contributed by atoms with Gasteiger partial charge in [-0.25, -0.2) is 4.79 Å². The lowest BCUT2D eigenvalue weighted by atomic mass is 9.99. The second-order valence-corrected chi connectivity index (χ2v) is 5.40. The van der Waals surface area contributed by atoms with Gasteiger partial charge in [0.2, 0.25) is 0 Å². The molecule has 5 nitrogen and oxygen atoms in total. The molecular weight excluding hydrogens is 268 g/mol. The van der Waals surface area contributed by atoms with Crippen molar-refractivity contribution in [3.05, 3.63) is 45.2 Å². The highest BCUT2D eigenvalue weighted by atomic mass is 16.6. The predicted molar refractivity (Wildman–Crippen MR) is 80.7 cm³/mol. The molecule has 0 aliphatic carbocycles. The lowest BCUT2D eigenvalue weighted by Crippen LogP contribution is -2.23. The summed E-state index contributed by atoms with van der Waals surface area (Å²) in [6.07, 6.45) is 0.681. The molecule has 2 aromatic rings. The SMILES string of the molecule is CCc1ccc2c(C)c(CC3CNC(=O)O3)c(=O)[nH]c2c1. The van der Waals surface area contributed by atoms with E-state index in [-0.39, 0.29) is 11.7 Å². The third kappa shape index (κ3) is 2.51. The molecule has 5 heteroatoms. The fourth-order valence-corrected chi connectivity index (χ4v) is 2.79. The summed E-state index contributed by atoms with van der Waals surface area (Å²) in [6.45, 7) is 4.48. The number of hydrogen-bond donors (Lipinski definition) is 2. The summed E-state index contributed by atoms with van der Waals surface area (Å²) < 4.78 is 5.12. The second-order valence-electron chi connectivity index (χ2n) is 5.40. The number of carbonyl (C=O) groups excluding carboxylic acids is 1. The van der Waals surface area contributed by atoms with Gasteiger partial charge in [-0.05, 0) is 30.5 Å². The number of amides is 1. The van der Waals surface area contributed by atoms with Crippen molar-refractivity contribution in [1.82, 2.24) is 10.3 Å². The number of H-pyrrole nitrogens is 1. The van der Waals surface area contributed by atoms with Crippen molar-refractivity contribution in [3.8, 4) is 0 Å². The summed E-state index contributed by atoms with van der Waals surface area (Å²) in [7, 11) is 0. The zero-order chi connectivity index (χ0) is 15.0. The van der Waals surface area contributed by atoms with E-state index < -0.39 is 6.09 Å². The predicted octanol–water partition coefficient (Wildman–Crippen LogP) is 2.05. The van der Waals surface area contributed by atoms with E-state index in [4.69, 9.17) is 4.74 Å². The molecule has 1 atom stereocenters. The number of pyridine rings is 1. The first-order chi connectivity index (χ1) is 10.1. The van der Waals surface area contributed by atoms with Crippen LogP contribution in [-0.2, 0) is 17.6 Å². The summed E-state index contributed by atoms with van der Waals surface area (Å²) in [4.78, 5) is 26.3. The molecule has 1 aromatic heterocycles. The second kappa shape index (κ2) is 5.24. The van der Waals surface area contributed by atoms with Gasteiger partial charge < -0.3 is 15.0 Å². The molecule has 110 valence electrons. The van der Waals surface area contributed by atoms with Gasteiger partial charge >= 0.3 is 6.09 Å². The summed E-state index contributed by atoms with van der Waals surface area (Å²) in [5, 5.41) is 3.65. The number of carbonyl (C=O) groups is 1. The zero-order valence-electron chi connectivity index (χ0n) is 12.2. The van der Waals surface area contributed by atoms with Gasteiger partial charge in [0.1, 0.15) is 6.10 Å². The maximum absolute atomic E-state index is 12.3. The Labute approximate surface area is 122 Å². The molecule has 1 fully saturated rings. The van der Waals surface area contributed by atoms with Crippen molar-refractivity contribution in [2.45, 2.75) is 32.8 Å². The standard InChI is InChI=1S/C16H18N2O3/c1-3-10-4-5-12-9(2)13(15(19)18-14(12)6-10)7-11-8-17-16(20)21-11/h4-6,11H,3,7-8H2,1-2H3,(H,17,20)(H,18,19). The summed E-state index contributed by atoms with van der Waals surface area (Å²) >= 11 is 0. The highest BCUT2D eigenvalue weighted by Crippen LogP contribution is 2.21. The summed E-state index contributed by atoms with van der Waals surface area (Å²) in [6, 6.07) is 6.14. The highest BCUT2D eigenvalue weighted by molar-refractivity contribution is 5.83. The number of aromatic amines is 1. The van der Waals surface area contributed by atoms with E-state index in [9.17, 15) is 9.59 Å². The van der Waals surface area contributed by atoms with Crippen LogP contribution in [0.5, 0.6) is 0 Å². The monoisotopic (exact) mass is 286 g/mol. The lowest BCUT2D eigenvalue weighted by molar-refractivity contribution is 0.140. The van der Waals surface area contributed by atoms with Crippen molar-refractivity contribution in [3.63, 3.8) is 0 Å². The van der Waals surface area contributed by atoms with E-state index in [1.54, 1.807) is 0 Å². The maximum Gasteiger partial charge on any atom is 0.407 e. The van der Waals surface area contributed by atoms with E-state index in [1.165, 1.54) is 5.56 Å². The number of cyclic esters (lactones) is 1. The van der Waals surface area contributed by atoms with Crippen LogP contribution < -0.4 is 10.9 Å². The number of fused-ring (bicyclic) bond motifs is 1. The van der Waals surface area contributed by atoms with Crippen molar-refractivity contribution < 1.29 is 9.53 Å². The van der Waals surface area contributed by atoms with E-state index in [2.05, 4.69) is 23.3 Å². The molecule has 1 aliphatic heterocycles. The van der Waals surface area contributed by atoms with Crippen LogP contribution in [0, 0.1) is 6.92 Å². The molecule has 21 heavy (non-hydrogen) atoms. The van der Waals surface area contributed by atoms with Crippen LogP contribution in [0.25, 0.3) is 10.9 Å². The molecule has 1 saturated heterocycles. The quantitative estimate of drug-likeness (QED) is 0.907. The van der Waals surface area contributed by atoms with Crippen molar-refractivity contribution in [1.29, 1.82) is 0 Å². The first-order valence-electron chi connectivity index (χ1n) is 7.17. The molecule has 1 amide bonds. The van der Waals surface area contributed by atoms with Crippen LogP contribution in [0.3, 0.4) is 0 Å². The van der Waals surface area contributed by atoms with Gasteiger partial charge in [0.25, 0.3) is 5.56 Å². The van der Waals surface area contributed by atoms with E-state index in [0.29, 0.717) is 18.5 Å². The first-order valence-corrected chi connectivity index (χ1v) is 7.17. The lowest BCUT2D eigenvalue weighted by Gasteiger charge is -2.12. The van der Waals surface area contributed by atoms with E-state index >= 15 is 0 Å². The minimum Gasteiger partial charge on any atom is -0.444 e. The van der Waals surface area contributed by atoms with Crippen LogP contribution in [0.15, 0.2) is 23.0 Å². The fraction of sp³-hybridized carbons (Fsp3) is 0.375. The highest BCUT2D eigenvalue weighted by Gasteiger charge is 2.24. The average Bonchev–Trinajstić information content (AvgIpc) is 2.88. The van der Waals surface area contributed by atoms with Crippen molar-refractivity contribution in [2.75, 3.05) is 6.54 Å². The van der Waals surface area contributed by atoms with Crippen LogP contribution in [0.4, 0.5) is 4.79 Å². The van der Waals surface area contributed by atoms with Crippen LogP contribution >= 0.6 is 0 Å². The third-order valence-corrected chi connectivity index (χ3v) is 4.05. The number of aryl methyl sites for hydroxylation is 2. The number of benzene rings is 1. The molecule has 2 N–H and O–H groups in total. The van der Waals surface area contributed by atoms with Gasteiger partial charge in [-0.1, -0.05) is 19.1 Å². The van der Waals surface area contributed by atoms with Gasteiger partial charge in [-0.15, -0.1) is 0 Å². The molecule has 3 rings (SSSR count). The van der Waals surface area contributed by atoms with Gasteiger partial charge in [0.05, 0.1) is 6.54 Å². The number of aromatic nitrogens is 1. The minimum atomic E-state index is -0.414. The first kappa shape index (κ1) is 13.7. The molecule has 0 spiro atoms. The van der Waals surface area contributed by atoms with Gasteiger partial charge in [0.15, 0.2) is 0 Å². The Hall–Kier alpha value is -2.30. The molecule has 1 unspecified atom stereocenters. The number of nitrogens with one attached hydrogen (secondary N) is 2. The molecule has 0 saturated carbocycles. The molecular formula is C16H18N2O3. The van der Waals surface area contributed by atoms with Gasteiger partial charge in [-0.3, -0.25) is 4.79 Å². The Morgan fingerprint density at radius 2 is 2.14 bits per heavy atom. The van der Waals surface area contributed by atoms with E-state index in [0.717, 1.165) is 22.9 Å². The number of ether oxygens (including phenoxy) is 1. The number of hydrogen-bond acceptors (Lipinski definition) is 3. The minimum absolute atomic E-state index is 0.101. The van der Waals surface area contributed by atoms with Crippen LogP contribution in [-0.4, -0.2) is 23.7 Å². The fourth-order valence-electron chi connectivity index (χ4n) is 2.79. The largest absolute Gasteiger partial charge is 0.444 e. The Morgan fingerprint density at radius 1 is 1.33 bits per heavy atom. The third-order valence-electron chi connectivity index (χ3n) is 4.05. The number of alkyl carbamates (subject to hydrolysis) is 1. The van der Waals surface area contributed by atoms with Gasteiger partial charge in [-0.2, -0.15) is 0 Å². The average molecular weight is 286 g/mol. The zero-order valence-corrected chi connectivity index (χ0v) is 12.2. The molecule has 1 aromatic carbocycles. The summed E-state index contributed by atoms with van der Waals surface area (Å²) in [5.74, 6) is 0.